The van der Waals surface area contributed by atoms with Gasteiger partial charge in [-0.25, -0.2) is 4.68 Å². The molecule has 5 rings (SSSR count). The molecule has 0 aliphatic carbocycles. The minimum Gasteiger partial charge on any atom is -0.497 e. The molecular weight excluding hydrogens is 398 g/mol. The molecule has 9 heteroatoms. The van der Waals surface area contributed by atoms with Gasteiger partial charge in [-0.3, -0.25) is 0 Å². The van der Waals surface area contributed by atoms with Crippen LogP contribution in [-0.2, 0) is 17.9 Å². The third-order valence-corrected chi connectivity index (χ3v) is 5.12. The van der Waals surface area contributed by atoms with Gasteiger partial charge in [0.25, 0.3) is 5.89 Å². The van der Waals surface area contributed by atoms with E-state index >= 15 is 0 Å². The number of nitrogens with zero attached hydrogens (tertiary/aromatic N) is 5. The van der Waals surface area contributed by atoms with Crippen molar-refractivity contribution >= 4 is 0 Å². The molecule has 0 unspecified atom stereocenters. The Morgan fingerprint density at radius 2 is 2.00 bits per heavy atom. The fourth-order valence-electron chi connectivity index (χ4n) is 3.53. The van der Waals surface area contributed by atoms with Crippen molar-refractivity contribution in [2.24, 2.45) is 0 Å². The van der Waals surface area contributed by atoms with Gasteiger partial charge in [0.15, 0.2) is 5.69 Å². The van der Waals surface area contributed by atoms with Gasteiger partial charge in [-0.1, -0.05) is 34.6 Å². The Kier molecular flexibility index (Phi) is 5.09. The van der Waals surface area contributed by atoms with Crippen molar-refractivity contribution in [1.29, 1.82) is 0 Å². The van der Waals surface area contributed by atoms with E-state index in [9.17, 15) is 0 Å². The first-order valence-corrected chi connectivity index (χ1v) is 10.0. The molecule has 0 fully saturated rings. The highest BCUT2D eigenvalue weighted by atomic mass is 16.5. The van der Waals surface area contributed by atoms with Crippen LogP contribution >= 0.6 is 0 Å². The summed E-state index contributed by atoms with van der Waals surface area (Å²) in [5.41, 5.74) is 3.20. The van der Waals surface area contributed by atoms with Crippen molar-refractivity contribution in [2.45, 2.75) is 26.2 Å². The van der Waals surface area contributed by atoms with Crippen molar-refractivity contribution in [2.75, 3.05) is 13.7 Å². The van der Waals surface area contributed by atoms with Crippen molar-refractivity contribution in [3.8, 4) is 34.5 Å². The molecule has 0 radical (unpaired) electrons. The molecule has 9 nitrogen and oxygen atoms in total. The van der Waals surface area contributed by atoms with E-state index in [1.165, 1.54) is 0 Å². The standard InChI is InChI=1S/C22H21N5O4/c1-3-29-17-6-4-5-15(11-17)21-23-22(31-25-21)20-18-13-30-19(12-27(18)26-24-20)14-7-9-16(28-2)10-8-14/h4-11,19H,3,12-13H2,1-2H3/t19-/m0/s1. The summed E-state index contributed by atoms with van der Waals surface area (Å²) in [5.74, 6) is 2.34. The van der Waals surface area contributed by atoms with Crippen LogP contribution in [0.5, 0.6) is 11.5 Å². The Morgan fingerprint density at radius 3 is 2.81 bits per heavy atom. The Bertz CT molecular complexity index is 1180. The topological polar surface area (TPSA) is 97.3 Å². The second kappa shape index (κ2) is 8.19. The van der Waals surface area contributed by atoms with Gasteiger partial charge in [-0.2, -0.15) is 4.98 Å². The zero-order valence-electron chi connectivity index (χ0n) is 17.2. The maximum atomic E-state index is 6.07. The Hall–Kier alpha value is -3.72. The molecule has 4 aromatic rings. The molecule has 2 aromatic carbocycles. The molecule has 0 saturated carbocycles. The van der Waals surface area contributed by atoms with Gasteiger partial charge >= 0.3 is 0 Å². The zero-order valence-corrected chi connectivity index (χ0v) is 17.2. The highest BCUT2D eigenvalue weighted by Crippen LogP contribution is 2.32. The largest absolute Gasteiger partial charge is 0.497 e. The van der Waals surface area contributed by atoms with E-state index in [0.717, 1.165) is 28.3 Å². The summed E-state index contributed by atoms with van der Waals surface area (Å²) in [6.07, 6.45) is -0.118. The molecule has 0 amide bonds. The summed E-state index contributed by atoms with van der Waals surface area (Å²) in [7, 11) is 1.65. The number of ether oxygens (including phenoxy) is 3. The molecule has 31 heavy (non-hydrogen) atoms. The lowest BCUT2D eigenvalue weighted by molar-refractivity contribution is -0.00119. The summed E-state index contributed by atoms with van der Waals surface area (Å²) in [4.78, 5) is 4.51. The van der Waals surface area contributed by atoms with E-state index in [0.29, 0.717) is 37.2 Å². The molecule has 1 aliphatic heterocycles. The minimum absolute atomic E-state index is 0.118. The Labute approximate surface area is 178 Å². The van der Waals surface area contributed by atoms with Gasteiger partial charge in [-0.05, 0) is 36.8 Å². The van der Waals surface area contributed by atoms with Crippen molar-refractivity contribution in [3.63, 3.8) is 0 Å². The maximum Gasteiger partial charge on any atom is 0.280 e. The van der Waals surface area contributed by atoms with E-state index < -0.39 is 0 Å². The van der Waals surface area contributed by atoms with Crippen LogP contribution in [0.15, 0.2) is 53.1 Å². The van der Waals surface area contributed by atoms with E-state index in [4.69, 9.17) is 18.7 Å². The predicted octanol–water partition coefficient (Wildman–Crippen LogP) is 3.67. The van der Waals surface area contributed by atoms with Gasteiger partial charge in [0, 0.05) is 5.56 Å². The second-order valence-electron chi connectivity index (χ2n) is 7.02. The quantitative estimate of drug-likeness (QED) is 0.467. The molecule has 1 aliphatic rings. The number of hydrogen-bond acceptors (Lipinski definition) is 8. The fourth-order valence-corrected chi connectivity index (χ4v) is 3.53. The van der Waals surface area contributed by atoms with E-state index in [1.54, 1.807) is 7.11 Å². The van der Waals surface area contributed by atoms with Crippen LogP contribution < -0.4 is 9.47 Å². The average molecular weight is 419 g/mol. The van der Waals surface area contributed by atoms with Crippen molar-refractivity contribution < 1.29 is 18.7 Å². The molecule has 158 valence electrons. The monoisotopic (exact) mass is 419 g/mol. The normalized spacial score (nSPS) is 15.5. The first kappa shape index (κ1) is 19.3. The lowest BCUT2D eigenvalue weighted by Crippen LogP contribution is -2.22. The smallest absolute Gasteiger partial charge is 0.280 e. The molecule has 0 spiro atoms. The summed E-state index contributed by atoms with van der Waals surface area (Å²) >= 11 is 0. The molecule has 0 saturated heterocycles. The van der Waals surface area contributed by atoms with Crippen molar-refractivity contribution in [3.05, 3.63) is 59.8 Å². The minimum atomic E-state index is -0.118. The Balaban J connectivity index is 1.37. The second-order valence-corrected chi connectivity index (χ2v) is 7.02. The Morgan fingerprint density at radius 1 is 1.13 bits per heavy atom. The number of fused-ring (bicyclic) bond motifs is 1. The number of rotatable bonds is 6. The van der Waals surface area contributed by atoms with Crippen LogP contribution in [0, 0.1) is 0 Å². The number of benzene rings is 2. The molecule has 2 aromatic heterocycles. The van der Waals surface area contributed by atoms with E-state index in [1.807, 2.05) is 60.1 Å². The molecule has 0 bridgehead atoms. The van der Waals surface area contributed by atoms with Crippen LogP contribution in [0.3, 0.4) is 0 Å². The zero-order chi connectivity index (χ0) is 21.2. The number of hydrogen-bond donors (Lipinski definition) is 0. The van der Waals surface area contributed by atoms with Crippen LogP contribution in [0.2, 0.25) is 0 Å². The maximum absolute atomic E-state index is 6.07. The third kappa shape index (κ3) is 3.75. The highest BCUT2D eigenvalue weighted by molar-refractivity contribution is 5.60. The first-order chi connectivity index (χ1) is 15.2. The summed E-state index contributed by atoms with van der Waals surface area (Å²) in [5, 5.41) is 12.6. The lowest BCUT2D eigenvalue weighted by Gasteiger charge is -2.24. The van der Waals surface area contributed by atoms with Gasteiger partial charge < -0.3 is 18.7 Å². The van der Waals surface area contributed by atoms with Crippen LogP contribution in [-0.4, -0.2) is 38.9 Å². The van der Waals surface area contributed by atoms with E-state index in [-0.39, 0.29) is 6.10 Å². The third-order valence-electron chi connectivity index (χ3n) is 5.12. The predicted molar refractivity (Wildman–Crippen MR) is 110 cm³/mol. The average Bonchev–Trinajstić information content (AvgIpc) is 3.46. The number of aromatic nitrogens is 5. The van der Waals surface area contributed by atoms with E-state index in [2.05, 4.69) is 20.5 Å². The highest BCUT2D eigenvalue weighted by Gasteiger charge is 2.28. The van der Waals surface area contributed by atoms with Gasteiger partial charge in [-0.15, -0.1) is 5.10 Å². The fraction of sp³-hybridized carbons (Fsp3) is 0.273. The van der Waals surface area contributed by atoms with Crippen molar-refractivity contribution in [1.82, 2.24) is 25.1 Å². The first-order valence-electron chi connectivity index (χ1n) is 10.0. The lowest BCUT2D eigenvalue weighted by atomic mass is 10.1. The summed E-state index contributed by atoms with van der Waals surface area (Å²) in [6.45, 7) is 3.42. The van der Waals surface area contributed by atoms with Gasteiger partial charge in [0.2, 0.25) is 5.82 Å². The van der Waals surface area contributed by atoms with Crippen LogP contribution in [0.1, 0.15) is 24.3 Å². The summed E-state index contributed by atoms with van der Waals surface area (Å²) in [6, 6.07) is 15.4. The molecule has 3 heterocycles. The van der Waals surface area contributed by atoms with Gasteiger partial charge in [0.05, 0.1) is 32.6 Å². The van der Waals surface area contributed by atoms with Crippen LogP contribution in [0.25, 0.3) is 23.0 Å². The van der Waals surface area contributed by atoms with Crippen LogP contribution in [0.4, 0.5) is 0 Å². The van der Waals surface area contributed by atoms with Gasteiger partial charge in [0.1, 0.15) is 17.6 Å². The SMILES string of the molecule is CCOc1cccc(-c2noc(-c3nnn4c3CO[C@H](c3ccc(OC)cc3)C4)n2)c1. The summed E-state index contributed by atoms with van der Waals surface area (Å²) < 4.78 is 24.1. The number of methoxy groups -OCH3 is 1. The molecule has 1 atom stereocenters. The molecule has 0 N–H and O–H groups in total. The molecular formula is C22H21N5O4.